The minimum atomic E-state index is -0.576. The molecule has 0 aromatic heterocycles. The first-order valence-electron chi connectivity index (χ1n) is 7.04. The second-order valence-corrected chi connectivity index (χ2v) is 5.95. The number of amides is 1. The highest BCUT2D eigenvalue weighted by Gasteiger charge is 2.36. The van der Waals surface area contributed by atoms with Crippen LogP contribution in [0.1, 0.15) is 15.9 Å². The highest BCUT2D eigenvalue weighted by atomic mass is 35.5. The van der Waals surface area contributed by atoms with Crippen LogP contribution in [0.15, 0.2) is 42.5 Å². The molecule has 0 N–H and O–H groups in total. The molecular formula is C17H14ClFN2O2. The third-order valence-electron chi connectivity index (χ3n) is 3.66. The summed E-state index contributed by atoms with van der Waals surface area (Å²) in [4.78, 5) is 27.4. The number of carbonyl (C=O) groups excluding carboxylic acids is 2. The number of fused-ring (bicyclic) bond motifs is 1. The van der Waals surface area contributed by atoms with Gasteiger partial charge in [0.1, 0.15) is 5.82 Å². The van der Waals surface area contributed by atoms with Crippen molar-refractivity contribution in [2.75, 3.05) is 18.6 Å². The lowest BCUT2D eigenvalue weighted by atomic mass is 10.1. The van der Waals surface area contributed by atoms with Gasteiger partial charge in [-0.25, -0.2) is 4.39 Å². The Balaban J connectivity index is 1.78. The molecule has 1 aliphatic heterocycles. The van der Waals surface area contributed by atoms with Crippen molar-refractivity contribution < 1.29 is 14.0 Å². The summed E-state index contributed by atoms with van der Waals surface area (Å²) < 4.78 is 13.2. The molecule has 3 rings (SSSR count). The molecule has 0 saturated carbocycles. The molecule has 0 unspecified atom stereocenters. The fourth-order valence-electron chi connectivity index (χ4n) is 2.65. The van der Waals surface area contributed by atoms with Crippen LogP contribution < -0.4 is 4.90 Å². The van der Waals surface area contributed by atoms with Crippen molar-refractivity contribution in [3.8, 4) is 0 Å². The summed E-state index contributed by atoms with van der Waals surface area (Å²) in [6, 6.07) is 11.1. The molecular weight excluding hydrogens is 319 g/mol. The van der Waals surface area contributed by atoms with Crippen LogP contribution in [0.3, 0.4) is 0 Å². The number of halogens is 2. The second kappa shape index (κ2) is 6.10. The van der Waals surface area contributed by atoms with Crippen molar-refractivity contribution in [2.45, 2.75) is 6.54 Å². The minimum absolute atomic E-state index is 0.232. The van der Waals surface area contributed by atoms with Gasteiger partial charge >= 0.3 is 5.91 Å². The number of ketones is 1. The van der Waals surface area contributed by atoms with E-state index in [-0.39, 0.29) is 12.5 Å². The van der Waals surface area contributed by atoms with E-state index in [9.17, 15) is 14.0 Å². The predicted molar refractivity (Wildman–Crippen MR) is 86.0 cm³/mol. The van der Waals surface area contributed by atoms with Crippen LogP contribution in [0.25, 0.3) is 0 Å². The van der Waals surface area contributed by atoms with Crippen LogP contribution in [-0.4, -0.2) is 30.3 Å². The largest absolute Gasteiger partial charge is 0.300 e. The van der Waals surface area contributed by atoms with E-state index in [1.165, 1.54) is 23.1 Å². The summed E-state index contributed by atoms with van der Waals surface area (Å²) in [6.45, 7) is 0.689. The fraction of sp³-hybridized carbons (Fsp3) is 0.176. The zero-order valence-corrected chi connectivity index (χ0v) is 13.2. The first-order chi connectivity index (χ1) is 11.0. The summed E-state index contributed by atoms with van der Waals surface area (Å²) in [5, 5.41) is 0.417. The lowest BCUT2D eigenvalue weighted by Gasteiger charge is -2.24. The number of hydrogen-bond acceptors (Lipinski definition) is 3. The molecule has 0 saturated heterocycles. The van der Waals surface area contributed by atoms with Gasteiger partial charge < -0.3 is 0 Å². The molecule has 4 nitrogen and oxygen atoms in total. The molecule has 1 heterocycles. The highest BCUT2D eigenvalue weighted by molar-refractivity contribution is 6.52. The average Bonchev–Trinajstić information content (AvgIpc) is 2.72. The van der Waals surface area contributed by atoms with Gasteiger partial charge in [0.2, 0.25) is 0 Å². The zero-order chi connectivity index (χ0) is 16.6. The fourth-order valence-corrected chi connectivity index (χ4v) is 2.82. The molecule has 1 amide bonds. The van der Waals surface area contributed by atoms with Crippen molar-refractivity contribution in [3.63, 3.8) is 0 Å². The van der Waals surface area contributed by atoms with Gasteiger partial charge in [-0.1, -0.05) is 23.7 Å². The Kier molecular flexibility index (Phi) is 4.15. The maximum absolute atomic E-state index is 13.2. The molecule has 1 aliphatic rings. The van der Waals surface area contributed by atoms with Crippen molar-refractivity contribution in [2.24, 2.45) is 0 Å². The Bertz CT molecular complexity index is 794. The number of nitrogens with zero attached hydrogens (tertiary/aromatic N) is 2. The van der Waals surface area contributed by atoms with Crippen LogP contribution >= 0.6 is 11.6 Å². The highest BCUT2D eigenvalue weighted by Crippen LogP contribution is 2.31. The first-order valence-corrected chi connectivity index (χ1v) is 7.42. The molecule has 0 radical (unpaired) electrons. The van der Waals surface area contributed by atoms with Crippen LogP contribution in [0.2, 0.25) is 5.02 Å². The van der Waals surface area contributed by atoms with Gasteiger partial charge in [-0.15, -0.1) is 0 Å². The normalized spacial score (nSPS) is 13.8. The first kappa shape index (κ1) is 15.6. The molecule has 6 heteroatoms. The van der Waals surface area contributed by atoms with E-state index in [1.54, 1.807) is 25.2 Å². The van der Waals surface area contributed by atoms with Crippen LogP contribution in [0, 0.1) is 5.82 Å². The minimum Gasteiger partial charge on any atom is -0.291 e. The van der Waals surface area contributed by atoms with Crippen LogP contribution in [0.5, 0.6) is 0 Å². The summed E-state index contributed by atoms with van der Waals surface area (Å²) in [7, 11) is 1.80. The smallest absolute Gasteiger partial charge is 0.291 e. The molecule has 0 spiro atoms. The van der Waals surface area contributed by atoms with Gasteiger partial charge in [0.25, 0.3) is 5.78 Å². The lowest BCUT2D eigenvalue weighted by molar-refractivity contribution is -0.114. The number of hydrogen-bond donors (Lipinski definition) is 0. The van der Waals surface area contributed by atoms with E-state index >= 15 is 0 Å². The molecule has 2 aromatic carbocycles. The molecule has 0 atom stereocenters. The Hall–Kier alpha value is -2.24. The van der Waals surface area contributed by atoms with Gasteiger partial charge in [0, 0.05) is 11.6 Å². The van der Waals surface area contributed by atoms with Crippen molar-refractivity contribution >= 4 is 29.0 Å². The van der Waals surface area contributed by atoms with Crippen molar-refractivity contribution in [3.05, 3.63) is 64.4 Å². The number of carbonyl (C=O) groups is 2. The van der Waals surface area contributed by atoms with Gasteiger partial charge in [-0.2, -0.15) is 0 Å². The van der Waals surface area contributed by atoms with Crippen molar-refractivity contribution in [1.29, 1.82) is 0 Å². The molecule has 23 heavy (non-hydrogen) atoms. The summed E-state index contributed by atoms with van der Waals surface area (Å²) in [6.07, 6.45) is 0. The van der Waals surface area contributed by atoms with Crippen LogP contribution in [-0.2, 0) is 11.3 Å². The van der Waals surface area contributed by atoms with E-state index in [0.717, 1.165) is 5.56 Å². The van der Waals surface area contributed by atoms with E-state index in [4.69, 9.17) is 11.6 Å². The average molecular weight is 333 g/mol. The molecule has 0 aliphatic carbocycles. The van der Waals surface area contributed by atoms with Gasteiger partial charge in [-0.3, -0.25) is 19.4 Å². The molecule has 0 bridgehead atoms. The number of benzene rings is 2. The second-order valence-electron chi connectivity index (χ2n) is 5.51. The van der Waals surface area contributed by atoms with Gasteiger partial charge in [0.05, 0.1) is 17.9 Å². The number of rotatable bonds is 4. The summed E-state index contributed by atoms with van der Waals surface area (Å²) in [5.74, 6) is -1.43. The Morgan fingerprint density at radius 1 is 1.17 bits per heavy atom. The maximum atomic E-state index is 13.2. The summed E-state index contributed by atoms with van der Waals surface area (Å²) in [5.41, 5.74) is 1.67. The third kappa shape index (κ3) is 3.11. The van der Waals surface area contributed by atoms with E-state index in [1.807, 2.05) is 11.0 Å². The Morgan fingerprint density at radius 2 is 1.96 bits per heavy atom. The topological polar surface area (TPSA) is 40.6 Å². The quantitative estimate of drug-likeness (QED) is 0.808. The maximum Gasteiger partial charge on any atom is 0.300 e. The lowest BCUT2D eigenvalue weighted by Crippen LogP contribution is -2.38. The predicted octanol–water partition coefficient (Wildman–Crippen LogP) is 3.10. The third-order valence-corrected chi connectivity index (χ3v) is 3.89. The van der Waals surface area contributed by atoms with Crippen molar-refractivity contribution in [1.82, 2.24) is 4.90 Å². The molecule has 2 aromatic rings. The zero-order valence-electron chi connectivity index (χ0n) is 12.4. The summed E-state index contributed by atoms with van der Waals surface area (Å²) >= 11 is 5.88. The standard InChI is InChI=1S/C17H14ClFN2O2/c1-20(9-11-3-2-4-13(19)7-11)10-21-15-6-5-12(18)8-14(15)16(22)17(21)23/h2-8H,9-10H2,1H3. The number of anilines is 1. The van der Waals surface area contributed by atoms with Crippen LogP contribution in [0.4, 0.5) is 10.1 Å². The molecule has 118 valence electrons. The number of Topliss-reactive ketones (excluding diaryl/α,β-unsaturated/α-hetero) is 1. The Labute approximate surface area is 138 Å². The van der Waals surface area contributed by atoms with Gasteiger partial charge in [-0.05, 0) is 42.9 Å². The molecule has 0 fully saturated rings. The van der Waals surface area contributed by atoms with E-state index < -0.39 is 11.7 Å². The SMILES string of the molecule is CN(Cc1cccc(F)c1)CN1C(=O)C(=O)c2cc(Cl)ccc21. The monoisotopic (exact) mass is 332 g/mol. The van der Waals surface area contributed by atoms with Gasteiger partial charge in [0.15, 0.2) is 0 Å². The van der Waals surface area contributed by atoms with E-state index in [0.29, 0.717) is 22.8 Å². The van der Waals surface area contributed by atoms with E-state index in [2.05, 4.69) is 0 Å². The Morgan fingerprint density at radius 3 is 2.70 bits per heavy atom.